The van der Waals surface area contributed by atoms with Crippen molar-refractivity contribution in [1.82, 2.24) is 14.5 Å². The molecule has 128 valence electrons. The number of rotatable bonds is 7. The van der Waals surface area contributed by atoms with E-state index in [1.165, 1.54) is 11.8 Å². The zero-order valence-electron chi connectivity index (χ0n) is 14.2. The average molecular weight is 346 g/mol. The van der Waals surface area contributed by atoms with Crippen LogP contribution in [0.4, 0.5) is 5.69 Å². The topological polar surface area (TPSA) is 67.2 Å². The third-order valence-corrected chi connectivity index (χ3v) is 4.61. The molecule has 1 N–H and O–H groups in total. The maximum absolute atomic E-state index is 12.4. The number of carbonyl (C=O) groups is 2. The van der Waals surface area contributed by atoms with E-state index < -0.39 is 0 Å². The van der Waals surface area contributed by atoms with Gasteiger partial charge in [-0.25, -0.2) is 4.98 Å². The molecule has 24 heavy (non-hydrogen) atoms. The lowest BCUT2D eigenvalue weighted by atomic mass is 10.1. The van der Waals surface area contributed by atoms with Crippen LogP contribution in [0.2, 0.25) is 0 Å². The third kappa shape index (κ3) is 4.61. The number of aromatic nitrogens is 2. The third-order valence-electron chi connectivity index (χ3n) is 3.55. The number of carbonyl (C=O) groups excluding carboxylic acids is 2. The molecule has 2 rings (SSSR count). The summed E-state index contributed by atoms with van der Waals surface area (Å²) in [5.41, 5.74) is 1.20. The van der Waals surface area contributed by atoms with E-state index in [-0.39, 0.29) is 17.6 Å². The highest BCUT2D eigenvalue weighted by atomic mass is 32.2. The smallest absolute Gasteiger partial charge is 0.253 e. The van der Waals surface area contributed by atoms with E-state index >= 15 is 0 Å². The number of thioether (sulfide) groups is 1. The van der Waals surface area contributed by atoms with Crippen molar-refractivity contribution in [2.75, 3.05) is 24.2 Å². The van der Waals surface area contributed by atoms with Gasteiger partial charge < -0.3 is 14.8 Å². The Bertz CT molecular complexity index is 710. The Morgan fingerprint density at radius 3 is 2.67 bits per heavy atom. The van der Waals surface area contributed by atoms with E-state index in [9.17, 15) is 9.59 Å². The lowest BCUT2D eigenvalue weighted by molar-refractivity contribution is -0.113. The molecule has 0 bridgehead atoms. The van der Waals surface area contributed by atoms with Crippen molar-refractivity contribution in [2.24, 2.45) is 7.05 Å². The fourth-order valence-electron chi connectivity index (χ4n) is 2.24. The fourth-order valence-corrected chi connectivity index (χ4v) is 2.97. The molecule has 7 heteroatoms. The Labute approximate surface area is 146 Å². The van der Waals surface area contributed by atoms with Gasteiger partial charge in [0, 0.05) is 43.8 Å². The summed E-state index contributed by atoms with van der Waals surface area (Å²) >= 11 is 1.37. The zero-order chi connectivity index (χ0) is 17.5. The van der Waals surface area contributed by atoms with Crippen LogP contribution in [0, 0.1) is 0 Å². The Hall–Kier alpha value is -2.28. The minimum absolute atomic E-state index is 0.0292. The molecule has 0 saturated heterocycles. The molecule has 1 aromatic heterocycles. The predicted molar refractivity (Wildman–Crippen MR) is 96.3 cm³/mol. The Morgan fingerprint density at radius 2 is 2.04 bits per heavy atom. The van der Waals surface area contributed by atoms with Crippen LogP contribution >= 0.6 is 11.8 Å². The number of amides is 2. The van der Waals surface area contributed by atoms with Gasteiger partial charge in [0.25, 0.3) is 5.91 Å². The first-order valence-corrected chi connectivity index (χ1v) is 8.83. The first kappa shape index (κ1) is 18.1. The van der Waals surface area contributed by atoms with Crippen LogP contribution in [0.5, 0.6) is 0 Å². The summed E-state index contributed by atoms with van der Waals surface area (Å²) in [5.74, 6) is 0.105. The highest BCUT2D eigenvalue weighted by molar-refractivity contribution is 7.99. The summed E-state index contributed by atoms with van der Waals surface area (Å²) < 4.78 is 1.86. The second kappa shape index (κ2) is 8.54. The molecule has 0 spiro atoms. The molecule has 0 radical (unpaired) electrons. The van der Waals surface area contributed by atoms with Crippen LogP contribution in [-0.2, 0) is 11.8 Å². The van der Waals surface area contributed by atoms with Crippen LogP contribution in [0.1, 0.15) is 24.2 Å². The average Bonchev–Trinajstić information content (AvgIpc) is 2.99. The van der Waals surface area contributed by atoms with E-state index in [0.29, 0.717) is 24.3 Å². The van der Waals surface area contributed by atoms with Gasteiger partial charge in [0.1, 0.15) is 0 Å². The van der Waals surface area contributed by atoms with Gasteiger partial charge in [-0.3, -0.25) is 9.59 Å². The lowest BCUT2D eigenvalue weighted by Gasteiger charge is -2.19. The van der Waals surface area contributed by atoms with Gasteiger partial charge in [-0.2, -0.15) is 0 Å². The Kier molecular flexibility index (Phi) is 6.43. The summed E-state index contributed by atoms with van der Waals surface area (Å²) in [6, 6.07) is 7.03. The SMILES string of the molecule is CCN(CC)C(=O)c1cccc(NC(=O)CSc2nccn2C)c1. The van der Waals surface area contributed by atoms with E-state index in [4.69, 9.17) is 0 Å². The monoisotopic (exact) mass is 346 g/mol. The van der Waals surface area contributed by atoms with Crippen molar-refractivity contribution in [3.63, 3.8) is 0 Å². The van der Waals surface area contributed by atoms with Gasteiger partial charge >= 0.3 is 0 Å². The van der Waals surface area contributed by atoms with E-state index in [2.05, 4.69) is 10.3 Å². The number of hydrogen-bond donors (Lipinski definition) is 1. The van der Waals surface area contributed by atoms with E-state index in [0.717, 1.165) is 5.16 Å². The second-order valence-electron chi connectivity index (χ2n) is 5.22. The maximum Gasteiger partial charge on any atom is 0.253 e. The van der Waals surface area contributed by atoms with Crippen LogP contribution in [0.25, 0.3) is 0 Å². The zero-order valence-corrected chi connectivity index (χ0v) is 15.0. The first-order valence-electron chi connectivity index (χ1n) is 7.84. The van der Waals surface area contributed by atoms with Crippen LogP contribution in [0.15, 0.2) is 41.8 Å². The normalized spacial score (nSPS) is 10.5. The maximum atomic E-state index is 12.4. The largest absolute Gasteiger partial charge is 0.339 e. The number of aryl methyl sites for hydroxylation is 1. The molecular weight excluding hydrogens is 324 g/mol. The van der Waals surface area contributed by atoms with Crippen molar-refractivity contribution in [2.45, 2.75) is 19.0 Å². The van der Waals surface area contributed by atoms with Crippen LogP contribution < -0.4 is 5.32 Å². The number of benzene rings is 1. The molecule has 0 fully saturated rings. The van der Waals surface area contributed by atoms with Crippen LogP contribution in [0.3, 0.4) is 0 Å². The number of imidazole rings is 1. The Balaban J connectivity index is 1.97. The molecular formula is C17H22N4O2S. The lowest BCUT2D eigenvalue weighted by Crippen LogP contribution is -2.30. The summed E-state index contributed by atoms with van der Waals surface area (Å²) in [5, 5.41) is 3.61. The number of hydrogen-bond acceptors (Lipinski definition) is 4. The molecule has 2 amide bonds. The van der Waals surface area contributed by atoms with Crippen molar-refractivity contribution < 1.29 is 9.59 Å². The molecule has 0 aliphatic heterocycles. The molecule has 1 aromatic carbocycles. The minimum atomic E-state index is -0.129. The van der Waals surface area contributed by atoms with Crippen molar-refractivity contribution in [1.29, 1.82) is 0 Å². The van der Waals surface area contributed by atoms with Gasteiger partial charge in [-0.05, 0) is 32.0 Å². The molecule has 0 aliphatic rings. The number of nitrogens with one attached hydrogen (secondary N) is 1. The summed E-state index contributed by atoms with van der Waals surface area (Å²) in [6.45, 7) is 5.21. The van der Waals surface area contributed by atoms with Gasteiger partial charge in [-0.1, -0.05) is 17.8 Å². The standard InChI is InChI=1S/C17H22N4O2S/c1-4-21(5-2)16(23)13-7-6-8-14(11-13)19-15(22)12-24-17-18-9-10-20(17)3/h6-11H,4-5,12H2,1-3H3,(H,19,22). The molecule has 0 unspecified atom stereocenters. The molecule has 0 saturated carbocycles. The van der Waals surface area contributed by atoms with Gasteiger partial charge in [-0.15, -0.1) is 0 Å². The van der Waals surface area contributed by atoms with Crippen molar-refractivity contribution in [3.05, 3.63) is 42.2 Å². The molecule has 2 aromatic rings. The van der Waals surface area contributed by atoms with Gasteiger partial charge in [0.2, 0.25) is 5.91 Å². The first-order chi connectivity index (χ1) is 11.5. The van der Waals surface area contributed by atoms with Crippen LogP contribution in [-0.4, -0.2) is 45.1 Å². The second-order valence-corrected chi connectivity index (χ2v) is 6.16. The van der Waals surface area contributed by atoms with E-state index in [1.807, 2.05) is 31.7 Å². The Morgan fingerprint density at radius 1 is 1.29 bits per heavy atom. The quantitative estimate of drug-likeness (QED) is 0.783. The molecule has 1 heterocycles. The highest BCUT2D eigenvalue weighted by Crippen LogP contribution is 2.16. The summed E-state index contributed by atoms with van der Waals surface area (Å²) in [7, 11) is 1.88. The number of anilines is 1. The molecule has 0 atom stereocenters. The summed E-state index contributed by atoms with van der Waals surface area (Å²) in [6.07, 6.45) is 3.53. The minimum Gasteiger partial charge on any atom is -0.339 e. The van der Waals surface area contributed by atoms with Crippen molar-refractivity contribution >= 4 is 29.3 Å². The fraction of sp³-hybridized carbons (Fsp3) is 0.353. The highest BCUT2D eigenvalue weighted by Gasteiger charge is 2.13. The van der Waals surface area contributed by atoms with E-state index in [1.54, 1.807) is 35.4 Å². The molecule has 6 nitrogen and oxygen atoms in total. The summed E-state index contributed by atoms with van der Waals surface area (Å²) in [4.78, 5) is 30.4. The predicted octanol–water partition coefficient (Wildman–Crippen LogP) is 2.63. The molecule has 0 aliphatic carbocycles. The van der Waals surface area contributed by atoms with Gasteiger partial charge in [0.15, 0.2) is 5.16 Å². The van der Waals surface area contributed by atoms with Crippen molar-refractivity contribution in [3.8, 4) is 0 Å². The van der Waals surface area contributed by atoms with Gasteiger partial charge in [0.05, 0.1) is 5.75 Å². The number of nitrogens with zero attached hydrogens (tertiary/aromatic N) is 3.